The highest BCUT2D eigenvalue weighted by Crippen LogP contribution is 2.39. The Morgan fingerprint density at radius 2 is 2.00 bits per heavy atom. The molecule has 4 N–H and O–H groups in total. The molecule has 0 heterocycles. The summed E-state index contributed by atoms with van der Waals surface area (Å²) >= 11 is 0. The van der Waals surface area contributed by atoms with Gasteiger partial charge in [0, 0.05) is 0 Å². The first kappa shape index (κ1) is 23.4. The number of benzene rings is 2. The van der Waals surface area contributed by atoms with Crippen molar-refractivity contribution in [3.05, 3.63) is 53.1 Å². The first-order valence-electron chi connectivity index (χ1n) is 9.01. The summed E-state index contributed by atoms with van der Waals surface area (Å²) in [5.74, 6) is 2.11. The number of aryl methyl sites for hydroxylation is 1. The minimum absolute atomic E-state index is 0. The molecule has 0 spiro atoms. The Morgan fingerprint density at radius 1 is 1.22 bits per heavy atom. The van der Waals surface area contributed by atoms with Gasteiger partial charge in [0.05, 0.1) is 12.8 Å². The maximum absolute atomic E-state index is 9.66. The van der Waals surface area contributed by atoms with E-state index in [1.807, 2.05) is 19.2 Å². The number of hydrogen-bond donors (Lipinski definition) is 3. The molecule has 27 heavy (non-hydrogen) atoms. The van der Waals surface area contributed by atoms with Gasteiger partial charge < -0.3 is 20.9 Å². The van der Waals surface area contributed by atoms with Crippen molar-refractivity contribution >= 4 is 30.5 Å². The van der Waals surface area contributed by atoms with Gasteiger partial charge in [0.2, 0.25) is 0 Å². The van der Waals surface area contributed by atoms with E-state index in [1.54, 1.807) is 13.2 Å². The number of rotatable bonds is 6. The Bertz CT molecular complexity index is 740. The van der Waals surface area contributed by atoms with Crippen LogP contribution in [0.5, 0.6) is 11.5 Å². The number of ether oxygens (including phenoxy) is 1. The van der Waals surface area contributed by atoms with Crippen LogP contribution in [0.4, 0.5) is 5.69 Å². The summed E-state index contributed by atoms with van der Waals surface area (Å²) in [6.07, 6.45) is 4.49. The predicted octanol–water partition coefficient (Wildman–Crippen LogP) is 4.32. The molecular formula is C21H30Cl2N2O2. The van der Waals surface area contributed by atoms with Gasteiger partial charge in [0.25, 0.3) is 0 Å². The van der Waals surface area contributed by atoms with Crippen LogP contribution >= 0.6 is 24.8 Å². The van der Waals surface area contributed by atoms with Crippen LogP contribution in [0.3, 0.4) is 0 Å². The topological polar surface area (TPSA) is 67.5 Å². The first-order valence-corrected chi connectivity index (χ1v) is 9.01. The molecule has 150 valence electrons. The normalized spacial score (nSPS) is 16.4. The van der Waals surface area contributed by atoms with Gasteiger partial charge in [0.15, 0.2) is 0 Å². The Balaban J connectivity index is 0.00000182. The van der Waals surface area contributed by atoms with Gasteiger partial charge in [-0.2, -0.15) is 0 Å². The maximum atomic E-state index is 9.66. The fourth-order valence-electron chi connectivity index (χ4n) is 4.10. The van der Waals surface area contributed by atoms with Gasteiger partial charge in [-0.15, -0.1) is 24.8 Å². The van der Waals surface area contributed by atoms with Crippen molar-refractivity contribution in [2.75, 3.05) is 26.4 Å². The molecule has 0 aromatic heterocycles. The van der Waals surface area contributed by atoms with Crippen molar-refractivity contribution in [3.8, 4) is 11.5 Å². The number of methoxy groups -OCH3 is 1. The molecule has 1 aliphatic rings. The molecule has 1 aliphatic carbocycles. The highest BCUT2D eigenvalue weighted by atomic mass is 35.5. The third-order valence-electron chi connectivity index (χ3n) is 5.34. The van der Waals surface area contributed by atoms with Crippen LogP contribution in [0.25, 0.3) is 0 Å². The number of nitrogen functional groups attached to an aromatic ring is 1. The van der Waals surface area contributed by atoms with E-state index in [9.17, 15) is 5.11 Å². The summed E-state index contributed by atoms with van der Waals surface area (Å²) in [6.45, 7) is 0.955. The second-order valence-corrected chi connectivity index (χ2v) is 6.98. The largest absolute Gasteiger partial charge is 0.506 e. The molecule has 2 unspecified atom stereocenters. The number of fused-ring (bicyclic) bond motifs is 1. The van der Waals surface area contributed by atoms with Crippen molar-refractivity contribution < 1.29 is 9.84 Å². The standard InChI is InChI=1S/C21H28N2O2.2ClH/c1-23-13-16(10-14-6-9-21(24)20(22)11-14)18-5-3-4-15-12-17(25-2)7-8-19(15)18;;/h6-9,11-12,16,18,23-24H,3-5,10,13,22H2,1-2H3;2*1H. The summed E-state index contributed by atoms with van der Waals surface area (Å²) in [5.41, 5.74) is 10.4. The molecular weight excluding hydrogens is 383 g/mol. The Kier molecular flexibility index (Phi) is 9.23. The molecule has 2 aromatic carbocycles. The lowest BCUT2D eigenvalue weighted by molar-refractivity contribution is 0.363. The second-order valence-electron chi connectivity index (χ2n) is 6.98. The lowest BCUT2D eigenvalue weighted by Crippen LogP contribution is -2.29. The van der Waals surface area contributed by atoms with Crippen molar-refractivity contribution in [1.82, 2.24) is 5.32 Å². The quantitative estimate of drug-likeness (QED) is 0.487. The summed E-state index contributed by atoms with van der Waals surface area (Å²) < 4.78 is 5.39. The van der Waals surface area contributed by atoms with E-state index >= 15 is 0 Å². The van der Waals surface area contributed by atoms with Crippen LogP contribution in [0, 0.1) is 5.92 Å². The Morgan fingerprint density at radius 3 is 2.67 bits per heavy atom. The third kappa shape index (κ3) is 5.44. The van der Waals surface area contributed by atoms with Gasteiger partial charge in [0.1, 0.15) is 11.5 Å². The van der Waals surface area contributed by atoms with E-state index in [-0.39, 0.29) is 30.6 Å². The number of anilines is 1. The van der Waals surface area contributed by atoms with Crippen LogP contribution in [-0.4, -0.2) is 25.8 Å². The molecule has 6 heteroatoms. The highest BCUT2D eigenvalue weighted by molar-refractivity contribution is 5.85. The van der Waals surface area contributed by atoms with E-state index < -0.39 is 0 Å². The summed E-state index contributed by atoms with van der Waals surface area (Å²) in [7, 11) is 3.73. The molecule has 0 fully saturated rings. The molecule has 2 aromatic rings. The smallest absolute Gasteiger partial charge is 0.138 e. The zero-order chi connectivity index (χ0) is 17.8. The van der Waals surface area contributed by atoms with Crippen LogP contribution in [0.2, 0.25) is 0 Å². The molecule has 0 bridgehead atoms. The molecule has 0 radical (unpaired) electrons. The second kappa shape index (κ2) is 10.6. The molecule has 0 aliphatic heterocycles. The average Bonchev–Trinajstić information content (AvgIpc) is 2.63. The van der Waals surface area contributed by atoms with Crippen LogP contribution in [-0.2, 0) is 12.8 Å². The number of phenolic OH excluding ortho intramolecular Hbond substituents is 1. The van der Waals surface area contributed by atoms with Crippen molar-refractivity contribution in [3.63, 3.8) is 0 Å². The number of hydrogen-bond acceptors (Lipinski definition) is 4. The fourth-order valence-corrected chi connectivity index (χ4v) is 4.10. The fraction of sp³-hybridized carbons (Fsp3) is 0.429. The maximum Gasteiger partial charge on any atom is 0.138 e. The van der Waals surface area contributed by atoms with Gasteiger partial charge in [-0.25, -0.2) is 0 Å². The molecule has 0 amide bonds. The molecule has 3 rings (SSSR count). The Hall–Kier alpha value is -1.62. The zero-order valence-corrected chi connectivity index (χ0v) is 17.5. The number of phenols is 1. The van der Waals surface area contributed by atoms with Crippen LogP contribution in [0.15, 0.2) is 36.4 Å². The van der Waals surface area contributed by atoms with E-state index in [0.29, 0.717) is 17.5 Å². The van der Waals surface area contributed by atoms with E-state index in [1.165, 1.54) is 29.5 Å². The molecule has 2 atom stereocenters. The van der Waals surface area contributed by atoms with Gasteiger partial charge in [-0.05, 0) is 92.1 Å². The van der Waals surface area contributed by atoms with E-state index in [4.69, 9.17) is 10.5 Å². The number of halogens is 2. The minimum atomic E-state index is 0. The molecule has 0 saturated carbocycles. The summed E-state index contributed by atoms with van der Waals surface area (Å²) in [6, 6.07) is 12.1. The van der Waals surface area contributed by atoms with Crippen LogP contribution < -0.4 is 15.8 Å². The van der Waals surface area contributed by atoms with Crippen molar-refractivity contribution in [1.29, 1.82) is 0 Å². The highest BCUT2D eigenvalue weighted by Gasteiger charge is 2.28. The van der Waals surface area contributed by atoms with Gasteiger partial charge in [-0.1, -0.05) is 12.1 Å². The van der Waals surface area contributed by atoms with Crippen LogP contribution in [0.1, 0.15) is 35.4 Å². The predicted molar refractivity (Wildman–Crippen MR) is 117 cm³/mol. The summed E-state index contributed by atoms with van der Waals surface area (Å²) in [4.78, 5) is 0. The van der Waals surface area contributed by atoms with Gasteiger partial charge in [-0.3, -0.25) is 0 Å². The van der Waals surface area contributed by atoms with E-state index in [0.717, 1.165) is 25.1 Å². The minimum Gasteiger partial charge on any atom is -0.506 e. The Labute approximate surface area is 174 Å². The van der Waals surface area contributed by atoms with Crippen molar-refractivity contribution in [2.45, 2.75) is 31.6 Å². The summed E-state index contributed by atoms with van der Waals surface area (Å²) in [5, 5.41) is 13.0. The third-order valence-corrected chi connectivity index (χ3v) is 5.34. The number of aromatic hydroxyl groups is 1. The molecule has 0 saturated heterocycles. The lowest BCUT2D eigenvalue weighted by atomic mass is 9.73. The monoisotopic (exact) mass is 412 g/mol. The van der Waals surface area contributed by atoms with E-state index in [2.05, 4.69) is 23.5 Å². The number of nitrogens with one attached hydrogen (secondary N) is 1. The average molecular weight is 413 g/mol. The van der Waals surface area contributed by atoms with Gasteiger partial charge >= 0.3 is 0 Å². The number of nitrogens with two attached hydrogens (primary N) is 1. The first-order chi connectivity index (χ1) is 12.1. The zero-order valence-electron chi connectivity index (χ0n) is 15.9. The molecule has 4 nitrogen and oxygen atoms in total. The lowest BCUT2D eigenvalue weighted by Gasteiger charge is -2.33. The SMILES string of the molecule is CNCC(Cc1ccc(O)c(N)c1)C1CCCc2cc(OC)ccc21.Cl.Cl. The van der Waals surface area contributed by atoms with Crippen molar-refractivity contribution in [2.24, 2.45) is 5.92 Å².